The van der Waals surface area contributed by atoms with Crippen LogP contribution in [0.3, 0.4) is 0 Å². The average Bonchev–Trinajstić information content (AvgIpc) is 2.82. The maximum atomic E-state index is 12.5. The van der Waals surface area contributed by atoms with Crippen LogP contribution < -0.4 is 14.2 Å². The maximum Gasteiger partial charge on any atom is 0.337 e. The number of carboxylic acid groups (broad SMARTS) is 1. The van der Waals surface area contributed by atoms with Gasteiger partial charge >= 0.3 is 5.97 Å². The highest BCUT2D eigenvalue weighted by atomic mass is 16.5. The molecule has 0 spiro atoms. The van der Waals surface area contributed by atoms with Crippen molar-refractivity contribution >= 4 is 16.9 Å². The van der Waals surface area contributed by atoms with Gasteiger partial charge in [0.05, 0.1) is 38.1 Å². The Bertz CT molecular complexity index is 1250. The fourth-order valence-corrected chi connectivity index (χ4v) is 3.59. The van der Waals surface area contributed by atoms with Crippen LogP contribution in [0.5, 0.6) is 17.2 Å². The monoisotopic (exact) mass is 415 g/mol. The van der Waals surface area contributed by atoms with E-state index in [9.17, 15) is 9.90 Å². The lowest BCUT2D eigenvalue weighted by Gasteiger charge is -2.16. The maximum absolute atomic E-state index is 12.5. The Kier molecular flexibility index (Phi) is 5.45. The number of methoxy groups -OCH3 is 3. The van der Waals surface area contributed by atoms with Gasteiger partial charge in [-0.3, -0.25) is 0 Å². The van der Waals surface area contributed by atoms with E-state index in [0.717, 1.165) is 11.1 Å². The molecule has 6 heteroatoms. The number of aromatic carboxylic acids is 1. The van der Waals surface area contributed by atoms with Crippen molar-refractivity contribution in [3.63, 3.8) is 0 Å². The second kappa shape index (κ2) is 8.36. The Morgan fingerprint density at radius 3 is 1.77 bits per heavy atom. The summed E-state index contributed by atoms with van der Waals surface area (Å²) in [4.78, 5) is 17.3. The predicted molar refractivity (Wildman–Crippen MR) is 119 cm³/mol. The van der Waals surface area contributed by atoms with Crippen LogP contribution >= 0.6 is 0 Å². The van der Waals surface area contributed by atoms with Crippen LogP contribution in [-0.4, -0.2) is 37.4 Å². The van der Waals surface area contributed by atoms with E-state index >= 15 is 0 Å². The molecule has 6 nitrogen and oxygen atoms in total. The standard InChI is InChI=1S/C25H21NO5/c1-29-17-8-4-15(5-9-17)22-23(25(27)28)20-14-19(31-3)12-13-21(20)26-24(22)16-6-10-18(30-2)11-7-16/h4-14H,1-3H3,(H,27,28). The van der Waals surface area contributed by atoms with E-state index in [4.69, 9.17) is 19.2 Å². The number of ether oxygens (including phenoxy) is 3. The van der Waals surface area contributed by atoms with Gasteiger partial charge in [-0.25, -0.2) is 9.78 Å². The predicted octanol–water partition coefficient (Wildman–Crippen LogP) is 5.29. The Morgan fingerprint density at radius 1 is 0.742 bits per heavy atom. The van der Waals surface area contributed by atoms with Crippen molar-refractivity contribution in [1.82, 2.24) is 4.98 Å². The fraction of sp³-hybridized carbons (Fsp3) is 0.120. The lowest BCUT2D eigenvalue weighted by Crippen LogP contribution is -2.05. The summed E-state index contributed by atoms with van der Waals surface area (Å²) in [6.45, 7) is 0. The minimum Gasteiger partial charge on any atom is -0.497 e. The number of pyridine rings is 1. The molecule has 0 saturated carbocycles. The molecule has 0 saturated heterocycles. The second-order valence-corrected chi connectivity index (χ2v) is 6.86. The van der Waals surface area contributed by atoms with Crippen LogP contribution in [0.15, 0.2) is 66.7 Å². The van der Waals surface area contributed by atoms with E-state index in [1.807, 2.05) is 36.4 Å². The number of rotatable bonds is 6. The van der Waals surface area contributed by atoms with E-state index in [0.29, 0.717) is 39.4 Å². The second-order valence-electron chi connectivity index (χ2n) is 6.86. The molecule has 1 heterocycles. The number of hydrogen-bond donors (Lipinski definition) is 1. The summed E-state index contributed by atoms with van der Waals surface area (Å²) >= 11 is 0. The van der Waals surface area contributed by atoms with Crippen molar-refractivity contribution in [1.29, 1.82) is 0 Å². The summed E-state index contributed by atoms with van der Waals surface area (Å²) in [6.07, 6.45) is 0. The number of nitrogens with zero attached hydrogens (tertiary/aromatic N) is 1. The smallest absolute Gasteiger partial charge is 0.337 e. The highest BCUT2D eigenvalue weighted by Gasteiger charge is 2.23. The summed E-state index contributed by atoms with van der Waals surface area (Å²) in [5, 5.41) is 10.7. The van der Waals surface area contributed by atoms with Crippen LogP contribution in [-0.2, 0) is 0 Å². The quantitative estimate of drug-likeness (QED) is 0.461. The van der Waals surface area contributed by atoms with Crippen molar-refractivity contribution < 1.29 is 24.1 Å². The van der Waals surface area contributed by atoms with Gasteiger partial charge in [0.25, 0.3) is 0 Å². The highest BCUT2D eigenvalue weighted by molar-refractivity contribution is 6.11. The molecule has 0 aliphatic rings. The molecule has 0 unspecified atom stereocenters. The molecular weight excluding hydrogens is 394 g/mol. The zero-order valence-electron chi connectivity index (χ0n) is 17.4. The van der Waals surface area contributed by atoms with Crippen LogP contribution in [0, 0.1) is 0 Å². The van der Waals surface area contributed by atoms with Crippen LogP contribution in [0.25, 0.3) is 33.3 Å². The number of fused-ring (bicyclic) bond motifs is 1. The molecule has 0 aliphatic carbocycles. The molecule has 0 aliphatic heterocycles. The molecule has 0 fully saturated rings. The normalized spacial score (nSPS) is 10.7. The van der Waals surface area contributed by atoms with Gasteiger partial charge in [-0.15, -0.1) is 0 Å². The number of hydrogen-bond acceptors (Lipinski definition) is 5. The molecule has 4 aromatic rings. The lowest BCUT2D eigenvalue weighted by atomic mass is 9.91. The SMILES string of the molecule is COc1ccc(-c2nc3ccc(OC)cc3c(C(=O)O)c2-c2ccc(OC)cc2)cc1. The van der Waals surface area contributed by atoms with Gasteiger partial charge in [0, 0.05) is 16.5 Å². The van der Waals surface area contributed by atoms with Gasteiger partial charge in [-0.05, 0) is 60.2 Å². The summed E-state index contributed by atoms with van der Waals surface area (Å²) in [7, 11) is 4.73. The fourth-order valence-electron chi connectivity index (χ4n) is 3.59. The molecule has 0 amide bonds. The summed E-state index contributed by atoms with van der Waals surface area (Å²) in [5.74, 6) is 0.914. The average molecular weight is 415 g/mol. The molecule has 156 valence electrons. The zero-order chi connectivity index (χ0) is 22.0. The van der Waals surface area contributed by atoms with Crippen molar-refractivity contribution in [3.05, 3.63) is 72.3 Å². The zero-order valence-corrected chi connectivity index (χ0v) is 17.4. The summed E-state index contributed by atoms with van der Waals surface area (Å²) in [6, 6.07) is 19.9. The van der Waals surface area contributed by atoms with Gasteiger partial charge in [-0.1, -0.05) is 12.1 Å². The molecule has 4 rings (SSSR count). The van der Waals surface area contributed by atoms with Crippen molar-refractivity contribution in [2.75, 3.05) is 21.3 Å². The van der Waals surface area contributed by atoms with E-state index in [1.165, 1.54) is 0 Å². The Hall–Kier alpha value is -4.06. The van der Waals surface area contributed by atoms with Crippen LogP contribution in [0.2, 0.25) is 0 Å². The first-order valence-electron chi connectivity index (χ1n) is 9.59. The molecule has 0 radical (unpaired) electrons. The number of carbonyl (C=O) groups is 1. The first kappa shape index (κ1) is 20.2. The third-order valence-electron chi connectivity index (χ3n) is 5.15. The first-order chi connectivity index (χ1) is 15.0. The van der Waals surface area contributed by atoms with Crippen molar-refractivity contribution in [2.24, 2.45) is 0 Å². The van der Waals surface area contributed by atoms with E-state index in [-0.39, 0.29) is 5.56 Å². The summed E-state index contributed by atoms with van der Waals surface area (Å²) in [5.41, 5.74) is 3.35. The van der Waals surface area contributed by atoms with Gasteiger partial charge in [0.1, 0.15) is 17.2 Å². The Labute approximate surface area is 179 Å². The molecule has 0 bridgehead atoms. The molecule has 0 atom stereocenters. The number of carboxylic acids is 1. The molecule has 1 N–H and O–H groups in total. The van der Waals surface area contributed by atoms with Gasteiger partial charge in [0.2, 0.25) is 0 Å². The van der Waals surface area contributed by atoms with Gasteiger partial charge in [-0.2, -0.15) is 0 Å². The van der Waals surface area contributed by atoms with Crippen LogP contribution in [0.4, 0.5) is 0 Å². The lowest BCUT2D eigenvalue weighted by molar-refractivity contribution is 0.0700. The number of benzene rings is 3. The highest BCUT2D eigenvalue weighted by Crippen LogP contribution is 2.39. The van der Waals surface area contributed by atoms with Gasteiger partial charge in [0.15, 0.2) is 0 Å². The first-order valence-corrected chi connectivity index (χ1v) is 9.59. The van der Waals surface area contributed by atoms with Gasteiger partial charge < -0.3 is 19.3 Å². The molecule has 3 aromatic carbocycles. The van der Waals surface area contributed by atoms with E-state index in [2.05, 4.69) is 0 Å². The third-order valence-corrected chi connectivity index (χ3v) is 5.15. The largest absolute Gasteiger partial charge is 0.497 e. The third kappa shape index (κ3) is 3.75. The topological polar surface area (TPSA) is 77.9 Å². The number of aromatic nitrogens is 1. The minimum atomic E-state index is -1.04. The Morgan fingerprint density at radius 2 is 1.26 bits per heavy atom. The Balaban J connectivity index is 2.09. The van der Waals surface area contributed by atoms with E-state index < -0.39 is 5.97 Å². The molecular formula is C25H21NO5. The molecule has 31 heavy (non-hydrogen) atoms. The van der Waals surface area contributed by atoms with Crippen LogP contribution in [0.1, 0.15) is 10.4 Å². The van der Waals surface area contributed by atoms with E-state index in [1.54, 1.807) is 51.7 Å². The molecule has 1 aromatic heterocycles. The van der Waals surface area contributed by atoms with Crippen molar-refractivity contribution in [2.45, 2.75) is 0 Å². The van der Waals surface area contributed by atoms with Crippen molar-refractivity contribution in [3.8, 4) is 39.6 Å². The summed E-state index contributed by atoms with van der Waals surface area (Å²) < 4.78 is 15.8. The minimum absolute atomic E-state index is 0.167.